The van der Waals surface area contributed by atoms with Crippen molar-refractivity contribution in [2.24, 2.45) is 9.98 Å². The molecule has 2 nitrogen and oxygen atoms in total. The molecule has 0 aromatic rings. The van der Waals surface area contributed by atoms with Gasteiger partial charge in [0.15, 0.2) is 0 Å². The molecule has 2 heteroatoms. The Balaban J connectivity index is 2.70. The normalized spacial score (nSPS) is 34.3. The Bertz CT molecular complexity index is 158. The molecule has 0 aromatic carbocycles. The first-order chi connectivity index (χ1) is 4.20. The Kier molecular flexibility index (Phi) is 1.65. The van der Waals surface area contributed by atoms with E-state index >= 15 is 0 Å². The van der Waals surface area contributed by atoms with Gasteiger partial charge in [-0.25, -0.2) is 0 Å². The predicted molar refractivity (Wildman–Crippen MR) is 40.5 cm³/mol. The molecule has 0 bridgehead atoms. The lowest BCUT2D eigenvalue weighted by Gasteiger charge is -2.15. The number of nitrogens with zero attached hydrogens (tertiary/aromatic N) is 2. The largest absolute Gasteiger partial charge is 0.286 e. The first-order valence-electron chi connectivity index (χ1n) is 3.27. The van der Waals surface area contributed by atoms with Gasteiger partial charge in [-0.05, 0) is 20.8 Å². The maximum Gasteiger partial charge on any atom is 0.0695 e. The molecular weight excluding hydrogens is 112 g/mol. The van der Waals surface area contributed by atoms with Crippen LogP contribution in [0.2, 0.25) is 0 Å². The zero-order valence-electron chi connectivity index (χ0n) is 6.13. The third-order valence-electron chi connectivity index (χ3n) is 1.60. The van der Waals surface area contributed by atoms with Crippen molar-refractivity contribution < 1.29 is 0 Å². The highest BCUT2D eigenvalue weighted by atomic mass is 14.9. The molecule has 0 N–H and O–H groups in total. The van der Waals surface area contributed by atoms with Crippen molar-refractivity contribution in [3.8, 4) is 0 Å². The quantitative estimate of drug-likeness (QED) is 0.465. The molecule has 0 saturated carbocycles. The fraction of sp³-hybridized carbons (Fsp3) is 0.714. The van der Waals surface area contributed by atoms with Crippen molar-refractivity contribution in [1.82, 2.24) is 0 Å². The lowest BCUT2D eigenvalue weighted by Crippen LogP contribution is -2.22. The van der Waals surface area contributed by atoms with Gasteiger partial charge in [-0.1, -0.05) is 0 Å². The zero-order valence-corrected chi connectivity index (χ0v) is 6.13. The highest BCUT2D eigenvalue weighted by molar-refractivity contribution is 6.29. The van der Waals surface area contributed by atoms with Crippen LogP contribution in [0.1, 0.15) is 20.8 Å². The molecule has 0 amide bonds. The van der Waals surface area contributed by atoms with Gasteiger partial charge < -0.3 is 0 Å². The fourth-order valence-electron chi connectivity index (χ4n) is 0.812. The molecule has 0 spiro atoms. The van der Waals surface area contributed by atoms with Crippen LogP contribution in [-0.4, -0.2) is 24.0 Å². The Morgan fingerprint density at radius 1 is 1.33 bits per heavy atom. The van der Waals surface area contributed by atoms with Gasteiger partial charge in [-0.3, -0.25) is 9.98 Å². The number of hydrogen-bond donors (Lipinski definition) is 0. The Hall–Kier alpha value is -0.660. The van der Waals surface area contributed by atoms with Gasteiger partial charge in [0, 0.05) is 11.9 Å². The van der Waals surface area contributed by atoms with E-state index in [0.29, 0.717) is 12.1 Å². The highest BCUT2D eigenvalue weighted by Crippen LogP contribution is 2.05. The average molecular weight is 124 g/mol. The summed E-state index contributed by atoms with van der Waals surface area (Å²) >= 11 is 0. The van der Waals surface area contributed by atoms with Crippen LogP contribution in [0.25, 0.3) is 0 Å². The second-order valence-corrected chi connectivity index (χ2v) is 2.53. The highest BCUT2D eigenvalue weighted by Gasteiger charge is 2.11. The third-order valence-corrected chi connectivity index (χ3v) is 1.60. The minimum Gasteiger partial charge on any atom is -0.286 e. The Morgan fingerprint density at radius 2 is 2.00 bits per heavy atom. The standard InChI is InChI=1S/C7H12N2/c1-5-4-8-6(2)7(3)9-5/h4,6-7H,1-3H3. The first kappa shape index (κ1) is 6.46. The molecule has 0 fully saturated rings. The SMILES string of the molecule is CC1=NC(C)C(C)N=C1. The maximum absolute atomic E-state index is 4.33. The summed E-state index contributed by atoms with van der Waals surface area (Å²) < 4.78 is 0. The summed E-state index contributed by atoms with van der Waals surface area (Å²) in [5.74, 6) is 0. The molecule has 2 unspecified atom stereocenters. The van der Waals surface area contributed by atoms with E-state index in [9.17, 15) is 0 Å². The summed E-state index contributed by atoms with van der Waals surface area (Å²) in [6.45, 7) is 6.15. The topological polar surface area (TPSA) is 24.7 Å². The lowest BCUT2D eigenvalue weighted by atomic mass is 10.1. The minimum atomic E-state index is 0.369. The van der Waals surface area contributed by atoms with Crippen molar-refractivity contribution in [1.29, 1.82) is 0 Å². The second-order valence-electron chi connectivity index (χ2n) is 2.53. The van der Waals surface area contributed by atoms with E-state index in [0.717, 1.165) is 5.71 Å². The summed E-state index contributed by atoms with van der Waals surface area (Å²) in [4.78, 5) is 8.57. The van der Waals surface area contributed by atoms with E-state index in [1.807, 2.05) is 13.1 Å². The lowest BCUT2D eigenvalue weighted by molar-refractivity contribution is 0.605. The summed E-state index contributed by atoms with van der Waals surface area (Å²) in [5, 5.41) is 0. The van der Waals surface area contributed by atoms with E-state index in [2.05, 4.69) is 23.8 Å². The predicted octanol–water partition coefficient (Wildman–Crippen LogP) is 1.31. The van der Waals surface area contributed by atoms with Gasteiger partial charge in [0.05, 0.1) is 12.1 Å². The van der Waals surface area contributed by atoms with E-state index in [4.69, 9.17) is 0 Å². The van der Waals surface area contributed by atoms with Crippen LogP contribution in [0.4, 0.5) is 0 Å². The minimum absolute atomic E-state index is 0.369. The molecule has 1 aliphatic rings. The molecular formula is C7H12N2. The molecule has 1 heterocycles. The fourth-order valence-corrected chi connectivity index (χ4v) is 0.812. The molecule has 1 rings (SSSR count). The van der Waals surface area contributed by atoms with Gasteiger partial charge in [0.25, 0.3) is 0 Å². The molecule has 0 radical (unpaired) electrons. The van der Waals surface area contributed by atoms with E-state index in [1.165, 1.54) is 0 Å². The summed E-state index contributed by atoms with van der Waals surface area (Å²) in [7, 11) is 0. The molecule has 0 aliphatic carbocycles. The van der Waals surface area contributed by atoms with E-state index in [1.54, 1.807) is 0 Å². The van der Waals surface area contributed by atoms with Crippen molar-refractivity contribution in [2.75, 3.05) is 0 Å². The summed E-state index contributed by atoms with van der Waals surface area (Å²) in [6, 6.07) is 0.740. The van der Waals surface area contributed by atoms with Crippen LogP contribution in [-0.2, 0) is 0 Å². The van der Waals surface area contributed by atoms with E-state index < -0.39 is 0 Å². The Morgan fingerprint density at radius 3 is 2.44 bits per heavy atom. The van der Waals surface area contributed by atoms with Crippen LogP contribution in [0, 0.1) is 0 Å². The second kappa shape index (κ2) is 2.29. The molecule has 0 saturated heterocycles. The molecule has 2 atom stereocenters. The van der Waals surface area contributed by atoms with Crippen molar-refractivity contribution in [2.45, 2.75) is 32.9 Å². The van der Waals surface area contributed by atoms with Crippen LogP contribution in [0.5, 0.6) is 0 Å². The smallest absolute Gasteiger partial charge is 0.0695 e. The van der Waals surface area contributed by atoms with Crippen molar-refractivity contribution in [3.05, 3.63) is 0 Å². The molecule has 9 heavy (non-hydrogen) atoms. The number of hydrogen-bond acceptors (Lipinski definition) is 2. The van der Waals surface area contributed by atoms with Gasteiger partial charge in [0.1, 0.15) is 0 Å². The van der Waals surface area contributed by atoms with Crippen LogP contribution in [0.3, 0.4) is 0 Å². The van der Waals surface area contributed by atoms with Crippen molar-refractivity contribution in [3.63, 3.8) is 0 Å². The number of rotatable bonds is 0. The van der Waals surface area contributed by atoms with Crippen molar-refractivity contribution >= 4 is 11.9 Å². The Labute approximate surface area is 55.7 Å². The average Bonchev–Trinajstić information content (AvgIpc) is 1.80. The molecule has 50 valence electrons. The monoisotopic (exact) mass is 124 g/mol. The van der Waals surface area contributed by atoms with Gasteiger partial charge in [-0.15, -0.1) is 0 Å². The van der Waals surface area contributed by atoms with Crippen LogP contribution in [0.15, 0.2) is 9.98 Å². The summed E-state index contributed by atoms with van der Waals surface area (Å²) in [6.07, 6.45) is 1.84. The first-order valence-corrected chi connectivity index (χ1v) is 3.27. The number of aliphatic imine (C=N–C) groups is 2. The summed E-state index contributed by atoms with van der Waals surface area (Å²) in [5.41, 5.74) is 1.04. The van der Waals surface area contributed by atoms with Gasteiger partial charge in [-0.2, -0.15) is 0 Å². The molecule has 0 aromatic heterocycles. The van der Waals surface area contributed by atoms with Crippen LogP contribution < -0.4 is 0 Å². The van der Waals surface area contributed by atoms with Gasteiger partial charge >= 0.3 is 0 Å². The van der Waals surface area contributed by atoms with E-state index in [-0.39, 0.29) is 0 Å². The maximum atomic E-state index is 4.33. The zero-order chi connectivity index (χ0) is 6.85. The van der Waals surface area contributed by atoms with Crippen LogP contribution >= 0.6 is 0 Å². The van der Waals surface area contributed by atoms with Gasteiger partial charge in [0.2, 0.25) is 0 Å². The molecule has 1 aliphatic heterocycles. The third kappa shape index (κ3) is 1.37.